The summed E-state index contributed by atoms with van der Waals surface area (Å²) in [6.45, 7) is 0.360. The summed E-state index contributed by atoms with van der Waals surface area (Å²) in [6.07, 6.45) is 0.214. The minimum Gasteiger partial charge on any atom is -0.365 e. The molecule has 1 atom stereocenters. The lowest BCUT2D eigenvalue weighted by Crippen LogP contribution is -2.37. The van der Waals surface area contributed by atoms with Gasteiger partial charge in [0.25, 0.3) is 5.91 Å². The average Bonchev–Trinajstić information content (AvgIpc) is 3.15. The van der Waals surface area contributed by atoms with E-state index in [2.05, 4.69) is 15.6 Å². The van der Waals surface area contributed by atoms with E-state index in [9.17, 15) is 14.0 Å². The molecule has 1 aromatic carbocycles. The summed E-state index contributed by atoms with van der Waals surface area (Å²) >= 11 is 1.34. The van der Waals surface area contributed by atoms with Crippen molar-refractivity contribution in [3.05, 3.63) is 41.2 Å². The van der Waals surface area contributed by atoms with E-state index in [0.29, 0.717) is 23.1 Å². The number of halogens is 1. The molecule has 0 saturated carbocycles. The maximum atomic E-state index is 13.0. The lowest BCUT2D eigenvalue weighted by molar-refractivity contribution is -0.117. The first-order valence-electron chi connectivity index (χ1n) is 7.07. The van der Waals surface area contributed by atoms with Crippen LogP contribution in [0.5, 0.6) is 0 Å². The maximum absolute atomic E-state index is 13.0. The standard InChI is InChI=1S/C15H15FN4O2S/c1-17-15-19-12(8-23-15)14(22)18-10-6-13(21)20(7-10)11-4-2-9(16)3-5-11/h2-5,8,10H,6-7H2,1H3,(H,17,19)(H,18,22). The van der Waals surface area contributed by atoms with Gasteiger partial charge in [0.15, 0.2) is 5.13 Å². The van der Waals surface area contributed by atoms with Crippen LogP contribution in [-0.4, -0.2) is 36.4 Å². The molecular weight excluding hydrogens is 319 g/mol. The summed E-state index contributed by atoms with van der Waals surface area (Å²) in [6, 6.07) is 5.43. The van der Waals surface area contributed by atoms with E-state index < -0.39 is 0 Å². The highest BCUT2D eigenvalue weighted by Crippen LogP contribution is 2.22. The van der Waals surface area contributed by atoms with Crippen molar-refractivity contribution in [1.29, 1.82) is 0 Å². The number of hydrogen-bond acceptors (Lipinski definition) is 5. The second-order valence-corrected chi connectivity index (χ2v) is 6.00. The van der Waals surface area contributed by atoms with Crippen molar-refractivity contribution in [2.24, 2.45) is 0 Å². The number of nitrogens with zero attached hydrogens (tertiary/aromatic N) is 2. The third kappa shape index (κ3) is 3.31. The van der Waals surface area contributed by atoms with Crippen molar-refractivity contribution in [3.63, 3.8) is 0 Å². The van der Waals surface area contributed by atoms with Crippen LogP contribution in [0.4, 0.5) is 15.2 Å². The minimum atomic E-state index is -0.353. The molecule has 1 fully saturated rings. The second kappa shape index (κ2) is 6.33. The van der Waals surface area contributed by atoms with Crippen LogP contribution in [0, 0.1) is 5.82 Å². The first kappa shape index (κ1) is 15.4. The van der Waals surface area contributed by atoms with Crippen molar-refractivity contribution in [2.75, 3.05) is 23.8 Å². The van der Waals surface area contributed by atoms with Gasteiger partial charge >= 0.3 is 0 Å². The fourth-order valence-electron chi connectivity index (χ4n) is 2.43. The molecule has 23 heavy (non-hydrogen) atoms. The van der Waals surface area contributed by atoms with Crippen molar-refractivity contribution in [3.8, 4) is 0 Å². The molecule has 1 aliphatic rings. The molecule has 2 amide bonds. The van der Waals surface area contributed by atoms with Crippen LogP contribution in [0.1, 0.15) is 16.9 Å². The Bertz CT molecular complexity index is 731. The number of rotatable bonds is 4. The molecule has 2 aromatic rings. The molecule has 120 valence electrons. The topological polar surface area (TPSA) is 74.3 Å². The SMILES string of the molecule is CNc1nc(C(=O)NC2CC(=O)N(c3ccc(F)cc3)C2)cs1. The Labute approximate surface area is 136 Å². The number of carbonyl (C=O) groups is 2. The number of carbonyl (C=O) groups excluding carboxylic acids is 2. The van der Waals surface area contributed by atoms with Gasteiger partial charge in [-0.05, 0) is 24.3 Å². The molecule has 0 spiro atoms. The van der Waals surface area contributed by atoms with Crippen molar-refractivity contribution in [1.82, 2.24) is 10.3 Å². The fraction of sp³-hybridized carbons (Fsp3) is 0.267. The third-order valence-electron chi connectivity index (χ3n) is 3.55. The average molecular weight is 334 g/mol. The smallest absolute Gasteiger partial charge is 0.271 e. The molecule has 3 rings (SSSR count). The van der Waals surface area contributed by atoms with Gasteiger partial charge in [-0.15, -0.1) is 11.3 Å². The molecule has 8 heteroatoms. The molecular formula is C15H15FN4O2S. The Morgan fingerprint density at radius 3 is 2.78 bits per heavy atom. The summed E-state index contributed by atoms with van der Waals surface area (Å²) in [5.41, 5.74) is 0.950. The zero-order valence-corrected chi connectivity index (χ0v) is 13.2. The van der Waals surface area contributed by atoms with Gasteiger partial charge in [0.05, 0.1) is 6.04 Å². The van der Waals surface area contributed by atoms with E-state index in [-0.39, 0.29) is 30.1 Å². The molecule has 1 unspecified atom stereocenters. The van der Waals surface area contributed by atoms with Crippen LogP contribution in [-0.2, 0) is 4.79 Å². The number of benzene rings is 1. The quantitative estimate of drug-likeness (QED) is 0.895. The Balaban J connectivity index is 1.65. The number of anilines is 2. The Kier molecular flexibility index (Phi) is 4.24. The van der Waals surface area contributed by atoms with Crippen LogP contribution in [0.15, 0.2) is 29.6 Å². The Morgan fingerprint density at radius 1 is 1.39 bits per heavy atom. The molecule has 1 aliphatic heterocycles. The van der Waals surface area contributed by atoms with Crippen molar-refractivity contribution in [2.45, 2.75) is 12.5 Å². The molecule has 0 radical (unpaired) electrons. The molecule has 1 saturated heterocycles. The summed E-state index contributed by atoms with van der Waals surface area (Å²) in [5.74, 6) is -0.758. The summed E-state index contributed by atoms with van der Waals surface area (Å²) in [5, 5.41) is 8.01. The van der Waals surface area contributed by atoms with Gasteiger partial charge in [0.2, 0.25) is 5.91 Å². The van der Waals surface area contributed by atoms with Gasteiger partial charge in [-0.1, -0.05) is 0 Å². The van der Waals surface area contributed by atoms with Crippen LogP contribution < -0.4 is 15.5 Å². The van der Waals surface area contributed by atoms with Gasteiger partial charge in [0.1, 0.15) is 11.5 Å². The van der Waals surface area contributed by atoms with E-state index in [1.807, 2.05) is 0 Å². The number of nitrogens with one attached hydrogen (secondary N) is 2. The zero-order valence-electron chi connectivity index (χ0n) is 12.4. The normalized spacial score (nSPS) is 17.4. The predicted octanol–water partition coefficient (Wildman–Crippen LogP) is 1.86. The summed E-state index contributed by atoms with van der Waals surface area (Å²) < 4.78 is 13.0. The van der Waals surface area contributed by atoms with E-state index in [0.717, 1.165) is 0 Å². The van der Waals surface area contributed by atoms with Gasteiger partial charge in [-0.2, -0.15) is 0 Å². The lowest BCUT2D eigenvalue weighted by atomic mass is 10.2. The zero-order chi connectivity index (χ0) is 16.4. The molecule has 2 heterocycles. The molecule has 0 bridgehead atoms. The van der Waals surface area contributed by atoms with E-state index >= 15 is 0 Å². The summed E-state index contributed by atoms with van der Waals surface area (Å²) in [7, 11) is 1.73. The molecule has 1 aromatic heterocycles. The van der Waals surface area contributed by atoms with Crippen LogP contribution in [0.3, 0.4) is 0 Å². The van der Waals surface area contributed by atoms with Gasteiger partial charge in [-0.25, -0.2) is 9.37 Å². The number of aromatic nitrogens is 1. The molecule has 2 N–H and O–H groups in total. The number of thiazole rings is 1. The van der Waals surface area contributed by atoms with E-state index in [4.69, 9.17) is 0 Å². The fourth-order valence-corrected chi connectivity index (χ4v) is 3.08. The van der Waals surface area contributed by atoms with Gasteiger partial charge in [-0.3, -0.25) is 9.59 Å². The Morgan fingerprint density at radius 2 is 2.13 bits per heavy atom. The highest BCUT2D eigenvalue weighted by atomic mass is 32.1. The van der Waals surface area contributed by atoms with Crippen LogP contribution in [0.25, 0.3) is 0 Å². The minimum absolute atomic E-state index is 0.101. The lowest BCUT2D eigenvalue weighted by Gasteiger charge is -2.17. The highest BCUT2D eigenvalue weighted by molar-refractivity contribution is 7.13. The van der Waals surface area contributed by atoms with Gasteiger partial charge in [0, 0.05) is 31.1 Å². The van der Waals surface area contributed by atoms with Crippen molar-refractivity contribution >= 4 is 34.0 Å². The largest absolute Gasteiger partial charge is 0.365 e. The Hall–Kier alpha value is -2.48. The van der Waals surface area contributed by atoms with Crippen molar-refractivity contribution < 1.29 is 14.0 Å². The second-order valence-electron chi connectivity index (χ2n) is 5.14. The van der Waals surface area contributed by atoms with Crippen LogP contribution in [0.2, 0.25) is 0 Å². The van der Waals surface area contributed by atoms with E-state index in [1.165, 1.54) is 23.5 Å². The number of amides is 2. The van der Waals surface area contributed by atoms with Gasteiger partial charge < -0.3 is 15.5 Å². The predicted molar refractivity (Wildman–Crippen MR) is 86.3 cm³/mol. The third-order valence-corrected chi connectivity index (χ3v) is 4.41. The maximum Gasteiger partial charge on any atom is 0.271 e. The van der Waals surface area contributed by atoms with Crippen LogP contribution >= 0.6 is 11.3 Å². The van der Waals surface area contributed by atoms with E-state index in [1.54, 1.807) is 29.5 Å². The number of hydrogen-bond donors (Lipinski definition) is 2. The molecule has 0 aliphatic carbocycles. The first-order chi connectivity index (χ1) is 11.1. The molecule has 6 nitrogen and oxygen atoms in total. The monoisotopic (exact) mass is 334 g/mol. The first-order valence-corrected chi connectivity index (χ1v) is 7.95. The highest BCUT2D eigenvalue weighted by Gasteiger charge is 2.32. The summed E-state index contributed by atoms with van der Waals surface area (Å²) in [4.78, 5) is 29.9.